The first kappa shape index (κ1) is 22.8. The first-order valence-corrected chi connectivity index (χ1v) is 10.5. The molecule has 0 aliphatic carbocycles. The molecule has 1 amide bonds. The summed E-state index contributed by atoms with van der Waals surface area (Å²) in [5, 5.41) is 15.1. The van der Waals surface area contributed by atoms with Gasteiger partial charge in [-0.05, 0) is 41.5 Å². The maximum absolute atomic E-state index is 12.0. The van der Waals surface area contributed by atoms with E-state index in [-0.39, 0.29) is 12.3 Å². The highest BCUT2D eigenvalue weighted by Gasteiger charge is 2.14. The minimum absolute atomic E-state index is 0.104. The molecule has 1 heterocycles. The van der Waals surface area contributed by atoms with Crippen LogP contribution in [0.3, 0.4) is 0 Å². The molecule has 3 aromatic carbocycles. The summed E-state index contributed by atoms with van der Waals surface area (Å²) >= 11 is 6.13. The fourth-order valence-corrected chi connectivity index (χ4v) is 3.32. The van der Waals surface area contributed by atoms with E-state index < -0.39 is 10.8 Å². The summed E-state index contributed by atoms with van der Waals surface area (Å²) < 4.78 is 11.1. The third kappa shape index (κ3) is 5.67. The van der Waals surface area contributed by atoms with Crippen LogP contribution in [0.4, 0.5) is 5.69 Å². The number of nitrogens with one attached hydrogen (secondary N) is 1. The summed E-state index contributed by atoms with van der Waals surface area (Å²) in [5.74, 6) is 0.777. The zero-order chi connectivity index (χ0) is 23.9. The van der Waals surface area contributed by atoms with Crippen molar-refractivity contribution in [2.75, 3.05) is 6.61 Å². The lowest BCUT2D eigenvalue weighted by Crippen LogP contribution is -2.24. The second kappa shape index (κ2) is 10.5. The lowest BCUT2D eigenvalue weighted by molar-refractivity contribution is -0.384. The second-order valence-corrected chi connectivity index (χ2v) is 7.50. The van der Waals surface area contributed by atoms with E-state index in [1.807, 2.05) is 42.5 Å². The highest BCUT2D eigenvalue weighted by Crippen LogP contribution is 2.32. The molecule has 1 N–H and O–H groups in total. The van der Waals surface area contributed by atoms with Crippen LogP contribution in [0.15, 0.2) is 94.4 Å². The number of halogens is 1. The molecule has 0 unspecified atom stereocenters. The average Bonchev–Trinajstić information content (AvgIpc) is 3.32. The van der Waals surface area contributed by atoms with E-state index in [1.165, 1.54) is 24.4 Å². The summed E-state index contributed by atoms with van der Waals surface area (Å²) in [7, 11) is 0. The molecule has 0 saturated carbocycles. The average molecular weight is 476 g/mol. The van der Waals surface area contributed by atoms with Gasteiger partial charge in [0.25, 0.3) is 11.6 Å². The van der Waals surface area contributed by atoms with Crippen molar-refractivity contribution in [3.63, 3.8) is 0 Å². The van der Waals surface area contributed by atoms with Gasteiger partial charge in [0.1, 0.15) is 17.3 Å². The molecule has 4 rings (SSSR count). The van der Waals surface area contributed by atoms with E-state index in [4.69, 9.17) is 20.8 Å². The van der Waals surface area contributed by atoms with Crippen LogP contribution in [-0.4, -0.2) is 23.7 Å². The van der Waals surface area contributed by atoms with Crippen molar-refractivity contribution < 1.29 is 18.9 Å². The number of hydrogen-bond acceptors (Lipinski definition) is 6. The molecule has 170 valence electrons. The Morgan fingerprint density at radius 3 is 2.50 bits per heavy atom. The number of carbonyl (C=O) groups excluding carboxylic acids is 1. The van der Waals surface area contributed by atoms with Gasteiger partial charge in [0.2, 0.25) is 0 Å². The maximum Gasteiger partial charge on any atom is 0.277 e. The smallest absolute Gasteiger partial charge is 0.277 e. The van der Waals surface area contributed by atoms with Gasteiger partial charge in [0.05, 0.1) is 16.2 Å². The molecule has 4 aromatic rings. The highest BCUT2D eigenvalue weighted by atomic mass is 35.5. The SMILES string of the molecule is O=C(COc1ccc(-c2ccccc2)cc1)N/N=C/c1ccc(-c2cc([N+](=O)[O-])ccc2Cl)o1. The fourth-order valence-electron chi connectivity index (χ4n) is 3.11. The number of hydrazone groups is 1. The van der Waals surface area contributed by atoms with Crippen molar-refractivity contribution in [3.8, 4) is 28.2 Å². The van der Waals surface area contributed by atoms with Crippen LogP contribution in [-0.2, 0) is 4.79 Å². The number of carbonyl (C=O) groups is 1. The molecule has 34 heavy (non-hydrogen) atoms. The molecule has 9 heteroatoms. The zero-order valence-corrected chi connectivity index (χ0v) is 18.4. The summed E-state index contributed by atoms with van der Waals surface area (Å²) in [6.45, 7) is -0.214. The van der Waals surface area contributed by atoms with Crippen molar-refractivity contribution >= 4 is 29.4 Å². The summed E-state index contributed by atoms with van der Waals surface area (Å²) in [6, 6.07) is 24.6. The lowest BCUT2D eigenvalue weighted by Gasteiger charge is -2.06. The molecular weight excluding hydrogens is 458 g/mol. The Kier molecular flexibility index (Phi) is 7.00. The summed E-state index contributed by atoms with van der Waals surface area (Å²) in [6.07, 6.45) is 1.31. The van der Waals surface area contributed by atoms with E-state index >= 15 is 0 Å². The zero-order valence-electron chi connectivity index (χ0n) is 17.7. The van der Waals surface area contributed by atoms with Crippen molar-refractivity contribution in [2.24, 2.45) is 5.10 Å². The molecule has 0 spiro atoms. The molecule has 0 atom stereocenters. The van der Waals surface area contributed by atoms with Gasteiger partial charge >= 0.3 is 0 Å². The van der Waals surface area contributed by atoms with Crippen LogP contribution in [0.25, 0.3) is 22.5 Å². The standard InChI is InChI=1S/C25H18ClN3O5/c26-23-12-8-19(29(31)32)14-22(23)24-13-11-21(34-24)15-27-28-25(30)16-33-20-9-6-18(7-10-20)17-4-2-1-3-5-17/h1-15H,16H2,(H,28,30)/b27-15+. The van der Waals surface area contributed by atoms with Crippen molar-refractivity contribution in [1.29, 1.82) is 0 Å². The maximum atomic E-state index is 12.0. The van der Waals surface area contributed by atoms with Crippen LogP contribution < -0.4 is 10.2 Å². The number of rotatable bonds is 8. The summed E-state index contributed by atoms with van der Waals surface area (Å²) in [4.78, 5) is 22.5. The summed E-state index contributed by atoms with van der Waals surface area (Å²) in [5.41, 5.74) is 4.77. The molecule has 0 fully saturated rings. The van der Waals surface area contributed by atoms with Gasteiger partial charge in [0, 0.05) is 17.7 Å². The van der Waals surface area contributed by atoms with E-state index in [1.54, 1.807) is 24.3 Å². The van der Waals surface area contributed by atoms with Crippen LogP contribution in [0, 0.1) is 10.1 Å². The number of amides is 1. The Morgan fingerprint density at radius 2 is 1.76 bits per heavy atom. The number of hydrogen-bond donors (Lipinski definition) is 1. The van der Waals surface area contributed by atoms with E-state index in [0.717, 1.165) is 11.1 Å². The van der Waals surface area contributed by atoms with Crippen LogP contribution >= 0.6 is 11.6 Å². The molecule has 0 saturated heterocycles. The minimum Gasteiger partial charge on any atom is -0.484 e. The molecule has 0 aliphatic rings. The third-order valence-electron chi connectivity index (χ3n) is 4.77. The van der Waals surface area contributed by atoms with Crippen LogP contribution in [0.5, 0.6) is 5.75 Å². The molecule has 0 aliphatic heterocycles. The first-order valence-electron chi connectivity index (χ1n) is 10.1. The van der Waals surface area contributed by atoms with Crippen LogP contribution in [0.1, 0.15) is 5.76 Å². The normalized spacial score (nSPS) is 10.9. The Hall–Kier alpha value is -4.43. The number of nitrogens with zero attached hydrogens (tertiary/aromatic N) is 2. The molecule has 0 radical (unpaired) electrons. The topological polar surface area (TPSA) is 107 Å². The Bertz CT molecular complexity index is 1330. The monoisotopic (exact) mass is 475 g/mol. The molecule has 1 aromatic heterocycles. The number of nitro groups is 1. The Balaban J connectivity index is 1.30. The second-order valence-electron chi connectivity index (χ2n) is 7.10. The fraction of sp³-hybridized carbons (Fsp3) is 0.0400. The van der Waals surface area contributed by atoms with Gasteiger partial charge < -0.3 is 9.15 Å². The van der Waals surface area contributed by atoms with Gasteiger partial charge in [-0.25, -0.2) is 5.43 Å². The molecule has 0 bridgehead atoms. The highest BCUT2D eigenvalue weighted by molar-refractivity contribution is 6.33. The largest absolute Gasteiger partial charge is 0.484 e. The predicted molar refractivity (Wildman–Crippen MR) is 129 cm³/mol. The van der Waals surface area contributed by atoms with Crippen molar-refractivity contribution in [3.05, 3.63) is 106 Å². The number of furan rings is 1. The third-order valence-corrected chi connectivity index (χ3v) is 5.10. The Morgan fingerprint density at radius 1 is 1.03 bits per heavy atom. The van der Waals surface area contributed by atoms with Crippen molar-refractivity contribution in [1.82, 2.24) is 5.43 Å². The van der Waals surface area contributed by atoms with Crippen LogP contribution in [0.2, 0.25) is 5.02 Å². The van der Waals surface area contributed by atoms with E-state index in [9.17, 15) is 14.9 Å². The van der Waals surface area contributed by atoms with E-state index in [0.29, 0.717) is 27.9 Å². The molecule has 8 nitrogen and oxygen atoms in total. The van der Waals surface area contributed by atoms with Gasteiger partial charge in [0.15, 0.2) is 6.61 Å². The van der Waals surface area contributed by atoms with Gasteiger partial charge in [-0.1, -0.05) is 54.1 Å². The number of benzene rings is 3. The Labute approximate surface area is 199 Å². The van der Waals surface area contributed by atoms with Crippen molar-refractivity contribution in [2.45, 2.75) is 0 Å². The lowest BCUT2D eigenvalue weighted by atomic mass is 10.1. The number of nitro benzene ring substituents is 1. The predicted octanol–water partition coefficient (Wildman–Crippen LogP) is 5.70. The molecular formula is C25H18ClN3O5. The van der Waals surface area contributed by atoms with Gasteiger partial charge in [-0.15, -0.1) is 0 Å². The van der Waals surface area contributed by atoms with Gasteiger partial charge in [-0.2, -0.15) is 5.10 Å². The number of non-ortho nitro benzene ring substituents is 1. The quantitative estimate of drug-likeness (QED) is 0.200. The minimum atomic E-state index is -0.514. The number of ether oxygens (including phenoxy) is 1. The first-order chi connectivity index (χ1) is 16.5. The van der Waals surface area contributed by atoms with E-state index in [2.05, 4.69) is 10.5 Å². The van der Waals surface area contributed by atoms with Gasteiger partial charge in [-0.3, -0.25) is 14.9 Å².